The number of rotatable bonds is 1. The van der Waals surface area contributed by atoms with Crippen LogP contribution in [0.3, 0.4) is 0 Å². The van der Waals surface area contributed by atoms with Crippen LogP contribution in [0.15, 0.2) is 11.1 Å². The van der Waals surface area contributed by atoms with Crippen LogP contribution >= 0.6 is 27.7 Å². The van der Waals surface area contributed by atoms with Crippen molar-refractivity contribution >= 4 is 33.5 Å². The molecule has 0 aliphatic carbocycles. The fraction of sp³-hybridized carbons (Fsp3) is 0.400. The number of carbonyl (C=O) groups excluding carboxylic acids is 1. The van der Waals surface area contributed by atoms with Gasteiger partial charge >= 0.3 is 0 Å². The van der Waals surface area contributed by atoms with Crippen molar-refractivity contribution in [1.29, 1.82) is 0 Å². The first-order valence-corrected chi connectivity index (χ1v) is 4.27. The van der Waals surface area contributed by atoms with Crippen LogP contribution in [0.1, 0.15) is 6.92 Å². The molecule has 0 bridgehead atoms. The van der Waals surface area contributed by atoms with Gasteiger partial charge in [0.15, 0.2) is 5.78 Å². The van der Waals surface area contributed by atoms with Crippen molar-refractivity contribution in [3.05, 3.63) is 11.1 Å². The molecule has 1 rings (SSSR count). The highest BCUT2D eigenvalue weighted by atomic mass is 79.9. The lowest BCUT2D eigenvalue weighted by Gasteiger charge is -1.96. The minimum absolute atomic E-state index is 0.120. The van der Waals surface area contributed by atoms with Crippen LogP contribution in [0.2, 0.25) is 0 Å². The largest absolute Gasteiger partial charge is 0.369 e. The fourth-order valence-corrected chi connectivity index (χ4v) is 1.90. The van der Waals surface area contributed by atoms with Crippen molar-refractivity contribution in [2.75, 3.05) is 0 Å². The Balaban J connectivity index is 2.55. The summed E-state index contributed by atoms with van der Waals surface area (Å²) in [6, 6.07) is 0. The highest BCUT2D eigenvalue weighted by Gasteiger charge is 2.16. The molecule has 0 aromatic rings. The van der Waals surface area contributed by atoms with Crippen LogP contribution in [-0.2, 0) is 4.79 Å². The fourth-order valence-electron chi connectivity index (χ4n) is 0.505. The summed E-state index contributed by atoms with van der Waals surface area (Å²) >= 11 is 4.79. The number of hydrogen-bond acceptors (Lipinski definition) is 3. The van der Waals surface area contributed by atoms with Crippen molar-refractivity contribution in [2.45, 2.75) is 11.2 Å². The zero-order valence-electron chi connectivity index (χ0n) is 4.85. The molecule has 1 aliphatic rings. The SMILES string of the molecule is CC(=O)C1=CNC(Br)S1. The van der Waals surface area contributed by atoms with Gasteiger partial charge in [-0.05, 0) is 6.92 Å². The molecule has 0 radical (unpaired) electrons. The molecule has 0 aromatic carbocycles. The number of thioether (sulfide) groups is 1. The number of alkyl halides is 1. The van der Waals surface area contributed by atoms with Gasteiger partial charge in [-0.25, -0.2) is 0 Å². The Morgan fingerprint density at radius 1 is 2.00 bits per heavy atom. The van der Waals surface area contributed by atoms with E-state index in [0.717, 1.165) is 4.91 Å². The number of ketones is 1. The number of allylic oxidation sites excluding steroid dienone is 1. The molecule has 1 atom stereocenters. The minimum atomic E-state index is 0.120. The van der Waals surface area contributed by atoms with Gasteiger partial charge in [-0.15, -0.1) is 0 Å². The Hall–Kier alpha value is 0.0400. The number of halogens is 1. The lowest BCUT2D eigenvalue weighted by Crippen LogP contribution is -2.05. The normalized spacial score (nSPS) is 25.1. The van der Waals surface area contributed by atoms with Gasteiger partial charge in [-0.3, -0.25) is 4.79 Å². The van der Waals surface area contributed by atoms with Crippen molar-refractivity contribution in [3.63, 3.8) is 0 Å². The van der Waals surface area contributed by atoms with Gasteiger partial charge in [0.25, 0.3) is 0 Å². The van der Waals surface area contributed by atoms with Crippen LogP contribution in [0.4, 0.5) is 0 Å². The zero-order valence-corrected chi connectivity index (χ0v) is 7.25. The molecule has 1 aliphatic heterocycles. The first-order valence-electron chi connectivity index (χ1n) is 2.48. The van der Waals surface area contributed by atoms with Crippen LogP contribution in [-0.4, -0.2) is 10.1 Å². The minimum Gasteiger partial charge on any atom is -0.369 e. The molecule has 4 heteroatoms. The van der Waals surface area contributed by atoms with E-state index in [-0.39, 0.29) is 10.1 Å². The summed E-state index contributed by atoms with van der Waals surface area (Å²) in [5, 5.41) is 2.95. The van der Waals surface area contributed by atoms with Crippen LogP contribution in [0, 0.1) is 0 Å². The van der Waals surface area contributed by atoms with E-state index in [0.29, 0.717) is 0 Å². The number of nitrogens with one attached hydrogen (secondary N) is 1. The van der Waals surface area contributed by atoms with Crippen molar-refractivity contribution in [2.24, 2.45) is 0 Å². The standard InChI is InChI=1S/C5H6BrNOS/c1-3(8)4-2-7-5(6)9-4/h2,5,7H,1H3. The Kier molecular flexibility index (Phi) is 2.18. The van der Waals surface area contributed by atoms with E-state index in [1.54, 1.807) is 13.1 Å². The predicted octanol–water partition coefficient (Wildman–Crippen LogP) is 1.43. The molecule has 0 saturated heterocycles. The summed E-state index contributed by atoms with van der Waals surface area (Å²) in [4.78, 5) is 11.4. The van der Waals surface area contributed by atoms with Crippen molar-refractivity contribution in [3.8, 4) is 0 Å². The van der Waals surface area contributed by atoms with Crippen LogP contribution in [0.25, 0.3) is 0 Å². The summed E-state index contributed by atoms with van der Waals surface area (Å²) in [7, 11) is 0. The second-order valence-corrected chi connectivity index (χ2v) is 4.33. The van der Waals surface area contributed by atoms with Gasteiger partial charge in [0.1, 0.15) is 4.28 Å². The molecule has 50 valence electrons. The molecule has 1 N–H and O–H groups in total. The second-order valence-electron chi connectivity index (χ2n) is 1.67. The Bertz CT molecular complexity index is 168. The highest BCUT2D eigenvalue weighted by Crippen LogP contribution is 2.29. The van der Waals surface area contributed by atoms with E-state index in [2.05, 4.69) is 21.2 Å². The molecule has 0 spiro atoms. The number of hydrogen-bond donors (Lipinski definition) is 1. The quantitative estimate of drug-likeness (QED) is 0.522. The maximum atomic E-state index is 10.6. The maximum Gasteiger partial charge on any atom is 0.167 e. The highest BCUT2D eigenvalue weighted by molar-refractivity contribution is 9.11. The average molecular weight is 208 g/mol. The zero-order chi connectivity index (χ0) is 6.85. The Labute approximate surface area is 66.2 Å². The summed E-state index contributed by atoms with van der Waals surface area (Å²) < 4.78 is 0.177. The summed E-state index contributed by atoms with van der Waals surface area (Å²) in [5.41, 5.74) is 0. The van der Waals surface area contributed by atoms with Crippen LogP contribution < -0.4 is 5.32 Å². The molecule has 1 heterocycles. The van der Waals surface area contributed by atoms with E-state index in [1.807, 2.05) is 0 Å². The lowest BCUT2D eigenvalue weighted by atomic mass is 10.4. The Morgan fingerprint density at radius 3 is 2.89 bits per heavy atom. The topological polar surface area (TPSA) is 29.1 Å². The molecule has 9 heavy (non-hydrogen) atoms. The van der Waals surface area contributed by atoms with Gasteiger partial charge in [0.05, 0.1) is 4.91 Å². The Morgan fingerprint density at radius 2 is 2.67 bits per heavy atom. The van der Waals surface area contributed by atoms with E-state index < -0.39 is 0 Å². The maximum absolute atomic E-state index is 10.6. The van der Waals surface area contributed by atoms with Gasteiger partial charge in [0.2, 0.25) is 0 Å². The van der Waals surface area contributed by atoms with Gasteiger partial charge < -0.3 is 5.32 Å². The number of Topliss-reactive ketones (excluding diaryl/α,β-unsaturated/α-hetero) is 1. The molecule has 0 amide bonds. The van der Waals surface area contributed by atoms with Gasteiger partial charge in [-0.2, -0.15) is 0 Å². The summed E-state index contributed by atoms with van der Waals surface area (Å²) in [5.74, 6) is 0.120. The first-order chi connectivity index (χ1) is 4.20. The molecule has 0 fully saturated rings. The second kappa shape index (κ2) is 2.75. The third-order valence-corrected chi connectivity index (χ3v) is 2.75. The monoisotopic (exact) mass is 207 g/mol. The summed E-state index contributed by atoms with van der Waals surface area (Å²) in [6.45, 7) is 1.56. The van der Waals surface area contributed by atoms with Crippen molar-refractivity contribution < 1.29 is 4.79 Å². The van der Waals surface area contributed by atoms with Crippen molar-refractivity contribution in [1.82, 2.24) is 5.32 Å². The molecule has 1 unspecified atom stereocenters. The summed E-state index contributed by atoms with van der Waals surface area (Å²) in [6.07, 6.45) is 1.73. The first kappa shape index (κ1) is 7.15. The molecule has 2 nitrogen and oxygen atoms in total. The van der Waals surface area contributed by atoms with Gasteiger partial charge in [-0.1, -0.05) is 27.7 Å². The van der Waals surface area contributed by atoms with E-state index >= 15 is 0 Å². The molecular formula is C5H6BrNOS. The van der Waals surface area contributed by atoms with E-state index in [1.165, 1.54) is 11.8 Å². The molecular weight excluding hydrogens is 202 g/mol. The number of carbonyl (C=O) groups is 1. The van der Waals surface area contributed by atoms with Gasteiger partial charge in [0, 0.05) is 6.20 Å². The van der Waals surface area contributed by atoms with Crippen LogP contribution in [0.5, 0.6) is 0 Å². The molecule has 0 saturated carbocycles. The predicted molar refractivity (Wildman–Crippen MR) is 42.2 cm³/mol. The lowest BCUT2D eigenvalue weighted by molar-refractivity contribution is -0.112. The van der Waals surface area contributed by atoms with E-state index in [9.17, 15) is 4.79 Å². The molecule has 0 aromatic heterocycles. The average Bonchev–Trinajstić information content (AvgIpc) is 2.14. The third-order valence-electron chi connectivity index (χ3n) is 0.923. The smallest absolute Gasteiger partial charge is 0.167 e. The van der Waals surface area contributed by atoms with E-state index in [4.69, 9.17) is 0 Å². The third kappa shape index (κ3) is 1.72.